The molecular formula is C17H25N3O3. The first-order chi connectivity index (χ1) is 10.8. The zero-order valence-corrected chi connectivity index (χ0v) is 14.2. The highest BCUT2D eigenvalue weighted by atomic mass is 16.2. The molecule has 126 valence electrons. The molecule has 23 heavy (non-hydrogen) atoms. The van der Waals surface area contributed by atoms with E-state index in [9.17, 15) is 14.4 Å². The van der Waals surface area contributed by atoms with E-state index < -0.39 is 0 Å². The molecule has 0 radical (unpaired) electrons. The summed E-state index contributed by atoms with van der Waals surface area (Å²) in [4.78, 5) is 34.9. The Labute approximate surface area is 137 Å². The first kappa shape index (κ1) is 18.7. The average molecular weight is 319 g/mol. The summed E-state index contributed by atoms with van der Waals surface area (Å²) in [6, 6.07) is 5.41. The fourth-order valence-electron chi connectivity index (χ4n) is 1.80. The Morgan fingerprint density at radius 2 is 1.61 bits per heavy atom. The summed E-state index contributed by atoms with van der Waals surface area (Å²) >= 11 is 0. The van der Waals surface area contributed by atoms with E-state index in [1.807, 2.05) is 19.9 Å². The maximum atomic E-state index is 12.0. The van der Waals surface area contributed by atoms with Gasteiger partial charge in [-0.1, -0.05) is 19.9 Å². The Bertz CT molecular complexity index is 582. The molecule has 1 aromatic carbocycles. The zero-order valence-electron chi connectivity index (χ0n) is 14.2. The highest BCUT2D eigenvalue weighted by Gasteiger charge is 2.09. The normalized spacial score (nSPS) is 10.3. The van der Waals surface area contributed by atoms with Crippen LogP contribution in [0.3, 0.4) is 0 Å². The van der Waals surface area contributed by atoms with Crippen LogP contribution in [-0.2, 0) is 9.59 Å². The van der Waals surface area contributed by atoms with Crippen LogP contribution in [0.25, 0.3) is 0 Å². The van der Waals surface area contributed by atoms with Crippen molar-refractivity contribution in [1.82, 2.24) is 16.0 Å². The van der Waals surface area contributed by atoms with Crippen LogP contribution in [0.15, 0.2) is 18.2 Å². The lowest BCUT2D eigenvalue weighted by Crippen LogP contribution is -2.41. The molecule has 0 aliphatic heterocycles. The van der Waals surface area contributed by atoms with E-state index >= 15 is 0 Å². The molecule has 0 saturated heterocycles. The van der Waals surface area contributed by atoms with Crippen LogP contribution in [0.5, 0.6) is 0 Å². The quantitative estimate of drug-likeness (QED) is 0.653. The molecule has 0 spiro atoms. The number of aryl methyl sites for hydroxylation is 2. The van der Waals surface area contributed by atoms with Gasteiger partial charge in [-0.05, 0) is 37.1 Å². The third-order valence-electron chi connectivity index (χ3n) is 3.45. The predicted molar refractivity (Wildman–Crippen MR) is 89.1 cm³/mol. The summed E-state index contributed by atoms with van der Waals surface area (Å²) in [5.41, 5.74) is 2.68. The molecule has 0 atom stereocenters. The van der Waals surface area contributed by atoms with Gasteiger partial charge in [0.2, 0.25) is 11.8 Å². The molecule has 0 aliphatic carbocycles. The number of hydrogen-bond donors (Lipinski definition) is 3. The average Bonchev–Trinajstić information content (AvgIpc) is 2.51. The Kier molecular flexibility index (Phi) is 7.25. The largest absolute Gasteiger partial charge is 0.354 e. The van der Waals surface area contributed by atoms with E-state index in [1.165, 1.54) is 0 Å². The van der Waals surface area contributed by atoms with Crippen molar-refractivity contribution in [3.05, 3.63) is 34.9 Å². The second-order valence-electron chi connectivity index (χ2n) is 5.78. The van der Waals surface area contributed by atoms with E-state index in [2.05, 4.69) is 16.0 Å². The monoisotopic (exact) mass is 319 g/mol. The summed E-state index contributed by atoms with van der Waals surface area (Å²) in [5, 5.41) is 7.91. The Balaban J connectivity index is 2.29. The number of amides is 3. The third kappa shape index (κ3) is 6.50. The first-order valence-corrected chi connectivity index (χ1v) is 7.71. The van der Waals surface area contributed by atoms with Crippen molar-refractivity contribution < 1.29 is 14.4 Å². The zero-order chi connectivity index (χ0) is 17.4. The molecular weight excluding hydrogens is 294 g/mol. The highest BCUT2D eigenvalue weighted by Crippen LogP contribution is 2.09. The maximum Gasteiger partial charge on any atom is 0.251 e. The van der Waals surface area contributed by atoms with Crippen molar-refractivity contribution in [3.8, 4) is 0 Å². The van der Waals surface area contributed by atoms with Crippen molar-refractivity contribution in [1.29, 1.82) is 0 Å². The Morgan fingerprint density at radius 1 is 0.957 bits per heavy atom. The van der Waals surface area contributed by atoms with Gasteiger partial charge in [-0.2, -0.15) is 0 Å². The minimum Gasteiger partial charge on any atom is -0.354 e. The lowest BCUT2D eigenvalue weighted by molar-refractivity contribution is -0.124. The maximum absolute atomic E-state index is 12.0. The molecule has 3 N–H and O–H groups in total. The summed E-state index contributed by atoms with van der Waals surface area (Å²) in [6.07, 6.45) is 0. The second kappa shape index (κ2) is 8.92. The van der Waals surface area contributed by atoms with Gasteiger partial charge >= 0.3 is 0 Å². The van der Waals surface area contributed by atoms with Crippen LogP contribution < -0.4 is 16.0 Å². The minimum absolute atomic E-state index is 0.0534. The van der Waals surface area contributed by atoms with E-state index in [-0.39, 0.29) is 30.2 Å². The van der Waals surface area contributed by atoms with Gasteiger partial charge in [-0.25, -0.2) is 0 Å². The molecule has 0 aromatic heterocycles. The van der Waals surface area contributed by atoms with Gasteiger partial charge in [0, 0.05) is 24.6 Å². The molecule has 6 nitrogen and oxygen atoms in total. The van der Waals surface area contributed by atoms with Crippen molar-refractivity contribution >= 4 is 17.7 Å². The van der Waals surface area contributed by atoms with Gasteiger partial charge in [0.1, 0.15) is 0 Å². The summed E-state index contributed by atoms with van der Waals surface area (Å²) in [5.74, 6) is -0.706. The Hall–Kier alpha value is -2.37. The summed E-state index contributed by atoms with van der Waals surface area (Å²) in [7, 11) is 0. The molecule has 0 heterocycles. The highest BCUT2D eigenvalue weighted by molar-refractivity contribution is 5.96. The van der Waals surface area contributed by atoms with Crippen LogP contribution in [-0.4, -0.2) is 37.4 Å². The lowest BCUT2D eigenvalue weighted by Gasteiger charge is -2.10. The number of rotatable bonds is 7. The minimum atomic E-state index is -0.291. The second-order valence-corrected chi connectivity index (χ2v) is 5.78. The van der Waals surface area contributed by atoms with Gasteiger partial charge in [0.15, 0.2) is 0 Å². The molecule has 6 heteroatoms. The van der Waals surface area contributed by atoms with Crippen LogP contribution in [0.2, 0.25) is 0 Å². The number of nitrogens with one attached hydrogen (secondary N) is 3. The van der Waals surface area contributed by atoms with Gasteiger partial charge in [0.05, 0.1) is 6.54 Å². The van der Waals surface area contributed by atoms with E-state index in [4.69, 9.17) is 0 Å². The fourth-order valence-corrected chi connectivity index (χ4v) is 1.80. The molecule has 3 amide bonds. The molecule has 0 saturated carbocycles. The van der Waals surface area contributed by atoms with E-state index in [1.54, 1.807) is 26.0 Å². The standard InChI is InChI=1S/C17H25N3O3/c1-11(2)16(22)19-8-7-18-15(21)10-20-17(23)14-6-5-12(3)13(4)9-14/h5-6,9,11H,7-8,10H2,1-4H3,(H,18,21)(H,19,22)(H,20,23). The SMILES string of the molecule is Cc1ccc(C(=O)NCC(=O)NCCNC(=O)C(C)C)cc1C. The van der Waals surface area contributed by atoms with Gasteiger partial charge in [-0.15, -0.1) is 0 Å². The van der Waals surface area contributed by atoms with Crippen LogP contribution in [0.1, 0.15) is 35.3 Å². The van der Waals surface area contributed by atoms with Gasteiger partial charge in [0.25, 0.3) is 5.91 Å². The molecule has 1 rings (SSSR count). The topological polar surface area (TPSA) is 87.3 Å². The third-order valence-corrected chi connectivity index (χ3v) is 3.45. The fraction of sp³-hybridized carbons (Fsp3) is 0.471. The van der Waals surface area contributed by atoms with Crippen LogP contribution >= 0.6 is 0 Å². The van der Waals surface area contributed by atoms with Crippen LogP contribution in [0, 0.1) is 19.8 Å². The first-order valence-electron chi connectivity index (χ1n) is 7.71. The van der Waals surface area contributed by atoms with Gasteiger partial charge < -0.3 is 16.0 Å². The number of carbonyl (C=O) groups is 3. The van der Waals surface area contributed by atoms with Gasteiger partial charge in [-0.3, -0.25) is 14.4 Å². The molecule has 0 aliphatic rings. The van der Waals surface area contributed by atoms with Crippen molar-refractivity contribution in [2.24, 2.45) is 5.92 Å². The molecule has 0 bridgehead atoms. The van der Waals surface area contributed by atoms with E-state index in [0.717, 1.165) is 11.1 Å². The molecule has 0 fully saturated rings. The van der Waals surface area contributed by atoms with E-state index in [0.29, 0.717) is 18.7 Å². The predicted octanol–water partition coefficient (Wildman–Crippen LogP) is 0.922. The number of benzene rings is 1. The Morgan fingerprint density at radius 3 is 2.22 bits per heavy atom. The summed E-state index contributed by atoms with van der Waals surface area (Å²) in [6.45, 7) is 8.12. The number of hydrogen-bond acceptors (Lipinski definition) is 3. The molecule has 0 unspecified atom stereocenters. The molecule has 1 aromatic rings. The summed E-state index contributed by atoms with van der Waals surface area (Å²) < 4.78 is 0. The number of carbonyl (C=O) groups excluding carboxylic acids is 3. The van der Waals surface area contributed by atoms with Crippen molar-refractivity contribution in [2.45, 2.75) is 27.7 Å². The van der Waals surface area contributed by atoms with Crippen LogP contribution in [0.4, 0.5) is 0 Å². The van der Waals surface area contributed by atoms with Crippen molar-refractivity contribution in [2.75, 3.05) is 19.6 Å². The van der Waals surface area contributed by atoms with Crippen molar-refractivity contribution in [3.63, 3.8) is 0 Å². The smallest absolute Gasteiger partial charge is 0.251 e. The lowest BCUT2D eigenvalue weighted by atomic mass is 10.1.